The molecule has 0 aliphatic carbocycles. The van der Waals surface area contributed by atoms with Crippen LogP contribution < -0.4 is 0 Å². The Morgan fingerprint density at radius 2 is 1.50 bits per heavy atom. The zero-order chi connectivity index (χ0) is 27.8. The predicted molar refractivity (Wildman–Crippen MR) is 126 cm³/mol. The van der Waals surface area contributed by atoms with E-state index in [1.807, 2.05) is 0 Å². The lowest BCUT2D eigenvalue weighted by Crippen LogP contribution is -2.36. The molecule has 0 saturated heterocycles. The Kier molecular flexibility index (Phi) is 9.30. The van der Waals surface area contributed by atoms with E-state index in [2.05, 4.69) is 0 Å². The highest BCUT2D eigenvalue weighted by atomic mass is 35.5. The summed E-state index contributed by atoms with van der Waals surface area (Å²) in [5, 5.41) is -0.550. The number of benzene rings is 2. The van der Waals surface area contributed by atoms with E-state index in [9.17, 15) is 35.1 Å². The molecule has 0 fully saturated rings. The fourth-order valence-corrected chi connectivity index (χ4v) is 4.05. The lowest BCUT2D eigenvalue weighted by molar-refractivity contribution is -0.137. The highest BCUT2D eigenvalue weighted by Gasteiger charge is 2.38. The second kappa shape index (κ2) is 11.0. The van der Waals surface area contributed by atoms with Crippen molar-refractivity contribution < 1.29 is 39.5 Å². The maximum atomic E-state index is 15.0. The van der Waals surface area contributed by atoms with Crippen LogP contribution in [-0.2, 0) is 6.18 Å². The maximum Gasteiger partial charge on any atom is 0.417 e. The Bertz CT molecular complexity index is 1150. The molecule has 0 aliphatic rings. The number of hydrogen-bond acceptors (Lipinski definition) is 1. The molecule has 0 bridgehead atoms. The van der Waals surface area contributed by atoms with Crippen molar-refractivity contribution in [3.8, 4) is 0 Å². The number of hydrogen-bond donors (Lipinski definition) is 0. The summed E-state index contributed by atoms with van der Waals surface area (Å²) < 4.78 is 123. The molecule has 2 aromatic carbocycles. The van der Waals surface area contributed by atoms with Gasteiger partial charge in [-0.3, -0.25) is 0 Å². The summed E-state index contributed by atoms with van der Waals surface area (Å²) >= 11 is 22.3. The summed E-state index contributed by atoms with van der Waals surface area (Å²) in [6.45, 7) is -1.17. The molecule has 0 saturated carbocycles. The van der Waals surface area contributed by atoms with Gasteiger partial charge in [0.2, 0.25) is 0 Å². The minimum atomic E-state index is -5.15. The highest BCUT2D eigenvalue weighted by molar-refractivity contribution is 7.80. The predicted octanol–water partition coefficient (Wildman–Crippen LogP) is 9.58. The normalized spacial score (nSPS) is 14.1. The Morgan fingerprint density at radius 1 is 0.972 bits per heavy atom. The maximum absolute atomic E-state index is 15.0. The zero-order valence-corrected chi connectivity index (χ0v) is 21.2. The van der Waals surface area contributed by atoms with Crippen LogP contribution in [0.2, 0.25) is 15.1 Å². The van der Waals surface area contributed by atoms with Crippen LogP contribution in [0.25, 0.3) is 5.83 Å². The van der Waals surface area contributed by atoms with E-state index in [1.165, 1.54) is 0 Å². The molecule has 0 spiro atoms. The molecule has 1 nitrogen and oxygen atoms in total. The van der Waals surface area contributed by atoms with Crippen LogP contribution in [0.4, 0.5) is 39.5 Å². The van der Waals surface area contributed by atoms with E-state index in [0.29, 0.717) is 24.0 Å². The van der Waals surface area contributed by atoms with Crippen LogP contribution in [0.15, 0.2) is 36.4 Å². The third-order valence-electron chi connectivity index (χ3n) is 4.82. The van der Waals surface area contributed by atoms with Crippen LogP contribution in [-0.4, -0.2) is 35.6 Å². The molecular weight excluding hydrogens is 588 g/mol. The lowest BCUT2D eigenvalue weighted by Gasteiger charge is -2.24. The van der Waals surface area contributed by atoms with Gasteiger partial charge in [-0.25, -0.2) is 13.2 Å². The van der Waals surface area contributed by atoms with Crippen molar-refractivity contribution >= 4 is 57.8 Å². The molecule has 2 rings (SSSR count). The first-order chi connectivity index (χ1) is 16.2. The SMILES string of the molecule is CN(CC(F)(F)F)C(=S)c1ccc(/C(F)=C/C(c2cc(Cl)c(Cl)c(Cl)c2)C(C)(F)F)cc1C(F)(F)F. The van der Waals surface area contributed by atoms with Gasteiger partial charge in [-0.15, -0.1) is 0 Å². The second-order valence-corrected chi connectivity index (χ2v) is 9.36. The van der Waals surface area contributed by atoms with E-state index in [4.69, 9.17) is 47.0 Å². The van der Waals surface area contributed by atoms with Crippen molar-refractivity contribution in [3.63, 3.8) is 0 Å². The Morgan fingerprint density at radius 3 is 1.94 bits per heavy atom. The van der Waals surface area contributed by atoms with E-state index >= 15 is 4.39 Å². The molecule has 2 aromatic rings. The van der Waals surface area contributed by atoms with Gasteiger partial charge in [0, 0.05) is 25.1 Å². The first kappa shape index (κ1) is 30.5. The van der Waals surface area contributed by atoms with Crippen LogP contribution in [0, 0.1) is 0 Å². The zero-order valence-electron chi connectivity index (χ0n) is 18.1. The summed E-state index contributed by atoms with van der Waals surface area (Å²) in [6.07, 6.45) is -9.51. The Hall–Kier alpha value is -1.69. The summed E-state index contributed by atoms with van der Waals surface area (Å²) in [6, 6.07) is 3.77. The fourth-order valence-electron chi connectivity index (χ4n) is 3.19. The number of allylic oxidation sites excluding steroid dienone is 1. The van der Waals surface area contributed by atoms with Crippen LogP contribution in [0.5, 0.6) is 0 Å². The number of nitrogens with zero attached hydrogens (tertiary/aromatic N) is 1. The van der Waals surface area contributed by atoms with Gasteiger partial charge in [-0.2, -0.15) is 26.3 Å². The monoisotopic (exact) mass is 601 g/mol. The first-order valence-corrected chi connectivity index (χ1v) is 11.2. The molecule has 0 aromatic heterocycles. The van der Waals surface area contributed by atoms with E-state index in [0.717, 1.165) is 25.2 Å². The third kappa shape index (κ3) is 7.66. The van der Waals surface area contributed by atoms with Gasteiger partial charge in [0.05, 0.1) is 26.5 Å². The van der Waals surface area contributed by atoms with Crippen LogP contribution in [0.3, 0.4) is 0 Å². The van der Waals surface area contributed by atoms with Crippen molar-refractivity contribution in [2.75, 3.05) is 13.6 Å². The number of alkyl halides is 8. The van der Waals surface area contributed by atoms with Crippen LogP contribution >= 0.6 is 47.0 Å². The minimum absolute atomic E-state index is 0.137. The van der Waals surface area contributed by atoms with E-state index < -0.39 is 58.2 Å². The lowest BCUT2D eigenvalue weighted by atomic mass is 9.91. The summed E-state index contributed by atoms with van der Waals surface area (Å²) in [5.74, 6) is -7.10. The molecule has 0 aliphatic heterocycles. The standard InChI is InChI=1S/C22H15Cl3F9NS/c1-20(27,28)13(11-6-15(23)18(25)16(24)7-11)8-17(26)10-3-4-12(14(5-10)22(32,33)34)19(36)35(2)9-21(29,30)31/h3-8,13H,9H2,1-2H3/b17-8-. The summed E-state index contributed by atoms with van der Waals surface area (Å²) in [7, 11) is 0.848. The molecule has 198 valence electrons. The van der Waals surface area contributed by atoms with Gasteiger partial charge in [0.1, 0.15) is 17.4 Å². The van der Waals surface area contributed by atoms with Gasteiger partial charge in [0.25, 0.3) is 5.92 Å². The van der Waals surface area contributed by atoms with Crippen molar-refractivity contribution in [3.05, 3.63) is 73.7 Å². The number of rotatable bonds is 6. The van der Waals surface area contributed by atoms with Gasteiger partial charge in [-0.05, 0) is 29.8 Å². The Balaban J connectivity index is 2.59. The van der Waals surface area contributed by atoms with Crippen molar-refractivity contribution in [1.82, 2.24) is 4.90 Å². The molecule has 1 atom stereocenters. The van der Waals surface area contributed by atoms with Gasteiger partial charge in [-0.1, -0.05) is 59.2 Å². The molecule has 14 heteroatoms. The third-order valence-corrected chi connectivity index (χ3v) is 6.55. The van der Waals surface area contributed by atoms with E-state index in [-0.39, 0.29) is 26.7 Å². The topological polar surface area (TPSA) is 3.24 Å². The van der Waals surface area contributed by atoms with Gasteiger partial charge in [0.15, 0.2) is 0 Å². The number of thiocarbonyl (C=S) groups is 1. The molecule has 0 heterocycles. The first-order valence-electron chi connectivity index (χ1n) is 9.65. The quantitative estimate of drug-likeness (QED) is 0.184. The molecular formula is C22H15Cl3F9NS. The van der Waals surface area contributed by atoms with Crippen LogP contribution in [0.1, 0.15) is 35.1 Å². The Labute approximate surface area is 220 Å². The molecule has 36 heavy (non-hydrogen) atoms. The average Bonchev–Trinajstić information content (AvgIpc) is 2.71. The summed E-state index contributed by atoms with van der Waals surface area (Å²) in [5.41, 5.74) is -3.37. The number of halogens is 12. The van der Waals surface area contributed by atoms with E-state index in [1.54, 1.807) is 0 Å². The second-order valence-electron chi connectivity index (χ2n) is 7.78. The van der Waals surface area contributed by atoms with Crippen molar-refractivity contribution in [2.45, 2.75) is 31.1 Å². The average molecular weight is 603 g/mol. The molecule has 0 N–H and O–H groups in total. The summed E-state index contributed by atoms with van der Waals surface area (Å²) in [4.78, 5) is -0.410. The fraction of sp³-hybridized carbons (Fsp3) is 0.318. The van der Waals surface area contributed by atoms with Crippen molar-refractivity contribution in [2.24, 2.45) is 0 Å². The molecule has 0 radical (unpaired) electrons. The smallest absolute Gasteiger partial charge is 0.356 e. The van der Waals surface area contributed by atoms with Crippen molar-refractivity contribution in [1.29, 1.82) is 0 Å². The largest absolute Gasteiger partial charge is 0.417 e. The van der Waals surface area contributed by atoms with Gasteiger partial charge >= 0.3 is 12.4 Å². The minimum Gasteiger partial charge on any atom is -0.356 e. The highest BCUT2D eigenvalue weighted by Crippen LogP contribution is 2.42. The molecule has 0 amide bonds. The molecule has 1 unspecified atom stereocenters. The van der Waals surface area contributed by atoms with Gasteiger partial charge < -0.3 is 4.90 Å².